The Balaban J connectivity index is 1.91. The molecule has 96 valence electrons. The first-order chi connectivity index (χ1) is 8.68. The van der Waals surface area contributed by atoms with Gasteiger partial charge in [-0.3, -0.25) is 4.79 Å². The van der Waals surface area contributed by atoms with Gasteiger partial charge in [-0.2, -0.15) is 0 Å². The molecular formula is C13H18N4O. The Morgan fingerprint density at radius 1 is 1.33 bits per heavy atom. The standard InChI is InChI=1S/C13H18N4O/c1-10(18)15-8-7-14-9-13-16-11-5-3-4-6-12(11)17(13)2/h3-6,14H,7-9H2,1-2H3,(H,15,18). The number of nitrogens with one attached hydrogen (secondary N) is 2. The molecule has 0 aliphatic carbocycles. The van der Waals surface area contributed by atoms with Crippen molar-refractivity contribution in [2.24, 2.45) is 7.05 Å². The molecule has 1 heterocycles. The van der Waals surface area contributed by atoms with E-state index in [0.717, 1.165) is 23.4 Å². The lowest BCUT2D eigenvalue weighted by Gasteiger charge is -2.05. The third-order valence-electron chi connectivity index (χ3n) is 2.84. The first-order valence-corrected chi connectivity index (χ1v) is 6.04. The Kier molecular flexibility index (Phi) is 3.94. The summed E-state index contributed by atoms with van der Waals surface area (Å²) in [7, 11) is 2.01. The minimum absolute atomic E-state index is 0.000435. The molecule has 0 saturated carbocycles. The molecular weight excluding hydrogens is 228 g/mol. The highest BCUT2D eigenvalue weighted by Crippen LogP contribution is 2.13. The van der Waals surface area contributed by atoms with Crippen molar-refractivity contribution < 1.29 is 4.79 Å². The van der Waals surface area contributed by atoms with Gasteiger partial charge in [-0.15, -0.1) is 0 Å². The number of carbonyl (C=O) groups is 1. The van der Waals surface area contributed by atoms with E-state index in [-0.39, 0.29) is 5.91 Å². The number of aryl methyl sites for hydroxylation is 1. The van der Waals surface area contributed by atoms with Crippen LogP contribution in [0.4, 0.5) is 0 Å². The lowest BCUT2D eigenvalue weighted by molar-refractivity contribution is -0.118. The second kappa shape index (κ2) is 5.64. The summed E-state index contributed by atoms with van der Waals surface area (Å²) in [6.07, 6.45) is 0. The largest absolute Gasteiger partial charge is 0.355 e. The lowest BCUT2D eigenvalue weighted by Crippen LogP contribution is -2.30. The van der Waals surface area contributed by atoms with Crippen LogP contribution in [0.2, 0.25) is 0 Å². The number of para-hydroxylation sites is 2. The molecule has 0 spiro atoms. The van der Waals surface area contributed by atoms with Gasteiger partial charge in [-0.25, -0.2) is 4.98 Å². The van der Waals surface area contributed by atoms with E-state index in [1.54, 1.807) is 0 Å². The van der Waals surface area contributed by atoms with Crippen LogP contribution in [-0.4, -0.2) is 28.5 Å². The van der Waals surface area contributed by atoms with Crippen molar-refractivity contribution in [3.05, 3.63) is 30.1 Å². The molecule has 0 atom stereocenters. The third kappa shape index (κ3) is 2.87. The van der Waals surface area contributed by atoms with Crippen LogP contribution < -0.4 is 10.6 Å². The van der Waals surface area contributed by atoms with E-state index in [2.05, 4.69) is 26.3 Å². The second-order valence-electron chi connectivity index (χ2n) is 4.24. The maximum absolute atomic E-state index is 10.7. The zero-order valence-corrected chi connectivity index (χ0v) is 10.7. The number of amides is 1. The molecule has 0 radical (unpaired) electrons. The van der Waals surface area contributed by atoms with Gasteiger partial charge in [-0.1, -0.05) is 12.1 Å². The Labute approximate surface area is 106 Å². The molecule has 0 bridgehead atoms. The van der Waals surface area contributed by atoms with Crippen LogP contribution in [0.5, 0.6) is 0 Å². The van der Waals surface area contributed by atoms with Gasteiger partial charge < -0.3 is 15.2 Å². The van der Waals surface area contributed by atoms with Crippen LogP contribution in [0, 0.1) is 0 Å². The smallest absolute Gasteiger partial charge is 0.216 e. The van der Waals surface area contributed by atoms with Crippen LogP contribution in [-0.2, 0) is 18.4 Å². The van der Waals surface area contributed by atoms with Crippen molar-refractivity contribution in [1.29, 1.82) is 0 Å². The van der Waals surface area contributed by atoms with Crippen molar-refractivity contribution in [2.45, 2.75) is 13.5 Å². The van der Waals surface area contributed by atoms with Gasteiger partial charge in [0, 0.05) is 27.1 Å². The monoisotopic (exact) mass is 246 g/mol. The molecule has 0 saturated heterocycles. The molecule has 0 aliphatic rings. The summed E-state index contributed by atoms with van der Waals surface area (Å²) in [5.41, 5.74) is 2.15. The van der Waals surface area contributed by atoms with E-state index in [4.69, 9.17) is 0 Å². The summed E-state index contributed by atoms with van der Waals surface area (Å²) in [6, 6.07) is 8.07. The fourth-order valence-corrected chi connectivity index (χ4v) is 1.88. The molecule has 18 heavy (non-hydrogen) atoms. The van der Waals surface area contributed by atoms with E-state index in [1.165, 1.54) is 6.92 Å². The van der Waals surface area contributed by atoms with Gasteiger partial charge in [0.15, 0.2) is 0 Å². The number of imidazole rings is 1. The predicted molar refractivity (Wildman–Crippen MR) is 71.1 cm³/mol. The minimum Gasteiger partial charge on any atom is -0.355 e. The average molecular weight is 246 g/mol. The van der Waals surface area contributed by atoms with E-state index in [0.29, 0.717) is 13.1 Å². The van der Waals surface area contributed by atoms with Crippen LogP contribution in [0.15, 0.2) is 24.3 Å². The van der Waals surface area contributed by atoms with Gasteiger partial charge in [0.2, 0.25) is 5.91 Å². The van der Waals surface area contributed by atoms with Gasteiger partial charge in [0.05, 0.1) is 17.6 Å². The highest BCUT2D eigenvalue weighted by Gasteiger charge is 2.05. The Bertz CT molecular complexity index is 547. The average Bonchev–Trinajstić information content (AvgIpc) is 2.66. The topological polar surface area (TPSA) is 59.0 Å². The minimum atomic E-state index is -0.000435. The van der Waals surface area contributed by atoms with E-state index >= 15 is 0 Å². The molecule has 1 aromatic carbocycles. The number of rotatable bonds is 5. The summed E-state index contributed by atoms with van der Waals surface area (Å²) in [6.45, 7) is 3.60. The summed E-state index contributed by atoms with van der Waals surface area (Å²) >= 11 is 0. The highest BCUT2D eigenvalue weighted by atomic mass is 16.1. The van der Waals surface area contributed by atoms with E-state index < -0.39 is 0 Å². The third-order valence-corrected chi connectivity index (χ3v) is 2.84. The van der Waals surface area contributed by atoms with Crippen molar-refractivity contribution in [3.8, 4) is 0 Å². The van der Waals surface area contributed by atoms with Gasteiger partial charge in [-0.05, 0) is 12.1 Å². The zero-order valence-electron chi connectivity index (χ0n) is 10.7. The zero-order chi connectivity index (χ0) is 13.0. The van der Waals surface area contributed by atoms with Crippen molar-refractivity contribution >= 4 is 16.9 Å². The molecule has 2 aromatic rings. The van der Waals surface area contributed by atoms with E-state index in [9.17, 15) is 4.79 Å². The lowest BCUT2D eigenvalue weighted by atomic mass is 10.3. The van der Waals surface area contributed by atoms with Crippen LogP contribution in [0.3, 0.4) is 0 Å². The van der Waals surface area contributed by atoms with Crippen molar-refractivity contribution in [2.75, 3.05) is 13.1 Å². The Morgan fingerprint density at radius 3 is 2.83 bits per heavy atom. The SMILES string of the molecule is CC(=O)NCCNCc1nc2ccccc2n1C. The van der Waals surface area contributed by atoms with Crippen molar-refractivity contribution in [3.63, 3.8) is 0 Å². The van der Waals surface area contributed by atoms with Gasteiger partial charge >= 0.3 is 0 Å². The van der Waals surface area contributed by atoms with E-state index in [1.807, 2.05) is 25.2 Å². The number of carbonyl (C=O) groups excluding carboxylic acids is 1. The molecule has 0 unspecified atom stereocenters. The number of aromatic nitrogens is 2. The molecule has 0 aliphatic heterocycles. The van der Waals surface area contributed by atoms with Crippen molar-refractivity contribution in [1.82, 2.24) is 20.2 Å². The second-order valence-corrected chi connectivity index (χ2v) is 4.24. The van der Waals surface area contributed by atoms with Crippen LogP contribution in [0.25, 0.3) is 11.0 Å². The molecule has 5 nitrogen and oxygen atoms in total. The normalized spacial score (nSPS) is 10.8. The fourth-order valence-electron chi connectivity index (χ4n) is 1.88. The number of nitrogens with zero attached hydrogens (tertiary/aromatic N) is 2. The highest BCUT2D eigenvalue weighted by molar-refractivity contribution is 5.75. The summed E-state index contributed by atoms with van der Waals surface area (Å²) in [5, 5.41) is 6.01. The first-order valence-electron chi connectivity index (χ1n) is 6.04. The molecule has 2 rings (SSSR count). The maximum atomic E-state index is 10.7. The molecule has 2 N–H and O–H groups in total. The van der Waals surface area contributed by atoms with Crippen LogP contribution >= 0.6 is 0 Å². The Hall–Kier alpha value is -1.88. The first kappa shape index (κ1) is 12.6. The van der Waals surface area contributed by atoms with Gasteiger partial charge in [0.1, 0.15) is 5.82 Å². The summed E-state index contributed by atoms with van der Waals surface area (Å²) < 4.78 is 2.08. The quantitative estimate of drug-likeness (QED) is 0.767. The van der Waals surface area contributed by atoms with Gasteiger partial charge in [0.25, 0.3) is 0 Å². The predicted octanol–water partition coefficient (Wildman–Crippen LogP) is 0.799. The number of benzene rings is 1. The van der Waals surface area contributed by atoms with Crippen LogP contribution in [0.1, 0.15) is 12.7 Å². The number of hydrogen-bond donors (Lipinski definition) is 2. The number of fused-ring (bicyclic) bond motifs is 1. The summed E-state index contributed by atoms with van der Waals surface area (Å²) in [5.74, 6) is 0.999. The molecule has 1 amide bonds. The number of hydrogen-bond acceptors (Lipinski definition) is 3. The molecule has 0 fully saturated rings. The molecule has 5 heteroatoms. The fraction of sp³-hybridized carbons (Fsp3) is 0.385. The molecule has 1 aromatic heterocycles. The maximum Gasteiger partial charge on any atom is 0.216 e. The Morgan fingerprint density at radius 2 is 2.11 bits per heavy atom. The summed E-state index contributed by atoms with van der Waals surface area (Å²) in [4.78, 5) is 15.3.